The summed E-state index contributed by atoms with van der Waals surface area (Å²) in [6.45, 7) is 8.92. The second-order valence-corrected chi connectivity index (χ2v) is 4.86. The zero-order valence-corrected chi connectivity index (χ0v) is 9.74. The van der Waals surface area contributed by atoms with Crippen molar-refractivity contribution in [2.24, 2.45) is 0 Å². The summed E-state index contributed by atoms with van der Waals surface area (Å²) in [5.41, 5.74) is 2.91. The van der Waals surface area contributed by atoms with Crippen molar-refractivity contribution in [1.82, 2.24) is 0 Å². The van der Waals surface area contributed by atoms with Gasteiger partial charge in [0.05, 0.1) is 0 Å². The van der Waals surface area contributed by atoms with Gasteiger partial charge >= 0.3 is 0 Å². The van der Waals surface area contributed by atoms with Crippen LogP contribution in [-0.4, -0.2) is 5.75 Å². The smallest absolute Gasteiger partial charge is 0.0136 e. The molecule has 1 aromatic rings. The molecule has 0 unspecified atom stereocenters. The summed E-state index contributed by atoms with van der Waals surface area (Å²) in [6, 6.07) is 6.60. The minimum absolute atomic E-state index is 0.633. The van der Waals surface area contributed by atoms with Gasteiger partial charge in [-0.25, -0.2) is 0 Å². The van der Waals surface area contributed by atoms with E-state index in [9.17, 15) is 0 Å². The lowest BCUT2D eigenvalue weighted by molar-refractivity contribution is 0.837. The van der Waals surface area contributed by atoms with Crippen molar-refractivity contribution in [2.45, 2.75) is 38.5 Å². The maximum Gasteiger partial charge on any atom is 0.0136 e. The molecule has 0 saturated heterocycles. The van der Waals surface area contributed by atoms with Gasteiger partial charge in [0, 0.05) is 4.90 Å². The normalized spacial score (nSPS) is 10.8. The van der Waals surface area contributed by atoms with E-state index in [0.29, 0.717) is 5.92 Å². The van der Waals surface area contributed by atoms with Gasteiger partial charge in [-0.05, 0) is 29.7 Å². The lowest BCUT2D eigenvalue weighted by atomic mass is 10.0. The van der Waals surface area contributed by atoms with Gasteiger partial charge in [-0.1, -0.05) is 39.0 Å². The molecule has 1 rings (SSSR count). The molecule has 0 N–H and O–H groups in total. The van der Waals surface area contributed by atoms with Gasteiger partial charge in [-0.3, -0.25) is 0 Å². The lowest BCUT2D eigenvalue weighted by Gasteiger charge is -2.13. The number of rotatable bonds is 3. The van der Waals surface area contributed by atoms with E-state index in [1.807, 2.05) is 11.8 Å². The third kappa shape index (κ3) is 2.50. The fourth-order valence-corrected chi connectivity index (χ4v) is 2.53. The summed E-state index contributed by atoms with van der Waals surface area (Å²) in [4.78, 5) is 1.49. The summed E-state index contributed by atoms with van der Waals surface area (Å²) in [5, 5.41) is 0. The van der Waals surface area contributed by atoms with Crippen LogP contribution in [0.4, 0.5) is 0 Å². The fraction of sp³-hybridized carbons (Fsp3) is 0.500. The molecule has 0 aliphatic carbocycles. The average Bonchev–Trinajstić information content (AvgIpc) is 2.08. The zero-order valence-electron chi connectivity index (χ0n) is 8.92. The Labute approximate surface area is 85.7 Å². The summed E-state index contributed by atoms with van der Waals surface area (Å²) in [6.07, 6.45) is 0. The monoisotopic (exact) mass is 194 g/mol. The predicted molar refractivity (Wildman–Crippen MR) is 61.7 cm³/mol. The lowest BCUT2D eigenvalue weighted by Crippen LogP contribution is -1.93. The first-order valence-corrected chi connectivity index (χ1v) is 5.87. The highest BCUT2D eigenvalue weighted by Crippen LogP contribution is 2.30. The van der Waals surface area contributed by atoms with Crippen molar-refractivity contribution in [3.8, 4) is 0 Å². The first kappa shape index (κ1) is 10.6. The topological polar surface area (TPSA) is 0 Å². The third-order valence-electron chi connectivity index (χ3n) is 2.15. The SMILES string of the molecule is CCSc1c(C)cccc1C(C)C. The highest BCUT2D eigenvalue weighted by atomic mass is 32.2. The molecule has 0 aliphatic heterocycles. The van der Waals surface area contributed by atoms with E-state index in [1.165, 1.54) is 16.0 Å². The van der Waals surface area contributed by atoms with E-state index in [1.54, 1.807) is 0 Å². The van der Waals surface area contributed by atoms with Crippen molar-refractivity contribution >= 4 is 11.8 Å². The van der Waals surface area contributed by atoms with Crippen LogP contribution in [0.1, 0.15) is 37.8 Å². The van der Waals surface area contributed by atoms with Gasteiger partial charge in [0.1, 0.15) is 0 Å². The largest absolute Gasteiger partial charge is 0.126 e. The second-order valence-electron chi connectivity index (χ2n) is 3.58. The second kappa shape index (κ2) is 4.71. The molecule has 0 nitrogen and oxygen atoms in total. The Kier molecular flexibility index (Phi) is 3.86. The van der Waals surface area contributed by atoms with E-state index in [-0.39, 0.29) is 0 Å². The molecule has 0 heterocycles. The van der Waals surface area contributed by atoms with Crippen molar-refractivity contribution < 1.29 is 0 Å². The van der Waals surface area contributed by atoms with Crippen molar-refractivity contribution in [3.05, 3.63) is 29.3 Å². The molecule has 0 spiro atoms. The highest BCUT2D eigenvalue weighted by Gasteiger charge is 2.07. The Morgan fingerprint density at radius 3 is 2.54 bits per heavy atom. The van der Waals surface area contributed by atoms with Crippen LogP contribution in [0.5, 0.6) is 0 Å². The molecule has 0 atom stereocenters. The molecule has 72 valence electrons. The fourth-order valence-electron chi connectivity index (χ4n) is 1.47. The zero-order chi connectivity index (χ0) is 9.84. The van der Waals surface area contributed by atoms with Crippen LogP contribution in [-0.2, 0) is 0 Å². The molecule has 1 aromatic carbocycles. The van der Waals surface area contributed by atoms with Crippen LogP contribution in [0.25, 0.3) is 0 Å². The van der Waals surface area contributed by atoms with E-state index < -0.39 is 0 Å². The van der Waals surface area contributed by atoms with E-state index in [2.05, 4.69) is 45.9 Å². The number of thioether (sulfide) groups is 1. The van der Waals surface area contributed by atoms with Gasteiger partial charge in [0.15, 0.2) is 0 Å². The van der Waals surface area contributed by atoms with Crippen LogP contribution in [0.2, 0.25) is 0 Å². The first-order valence-electron chi connectivity index (χ1n) is 4.89. The first-order chi connectivity index (χ1) is 6.16. The van der Waals surface area contributed by atoms with Crippen molar-refractivity contribution in [2.75, 3.05) is 5.75 Å². The van der Waals surface area contributed by atoms with Crippen molar-refractivity contribution in [3.63, 3.8) is 0 Å². The molecule has 13 heavy (non-hydrogen) atoms. The molecule has 0 bridgehead atoms. The molecule has 0 aliphatic rings. The summed E-state index contributed by atoms with van der Waals surface area (Å²) >= 11 is 1.96. The molecule has 0 radical (unpaired) electrons. The number of aryl methyl sites for hydroxylation is 1. The summed E-state index contributed by atoms with van der Waals surface area (Å²) < 4.78 is 0. The third-order valence-corrected chi connectivity index (χ3v) is 3.29. The van der Waals surface area contributed by atoms with Crippen LogP contribution in [0, 0.1) is 6.92 Å². The standard InChI is InChI=1S/C12H18S/c1-5-13-12-10(4)7-6-8-11(12)9(2)3/h6-9H,5H2,1-4H3. The van der Waals surface area contributed by atoms with Crippen LogP contribution < -0.4 is 0 Å². The van der Waals surface area contributed by atoms with Gasteiger partial charge in [-0.15, -0.1) is 11.8 Å². The Hall–Kier alpha value is -0.430. The molecule has 0 saturated carbocycles. The molecule has 0 aromatic heterocycles. The summed E-state index contributed by atoms with van der Waals surface area (Å²) in [7, 11) is 0. The predicted octanol–water partition coefficient (Wildman–Crippen LogP) is 4.23. The number of hydrogen-bond acceptors (Lipinski definition) is 1. The van der Waals surface area contributed by atoms with Crippen LogP contribution in [0.3, 0.4) is 0 Å². The Balaban J connectivity index is 3.09. The van der Waals surface area contributed by atoms with E-state index >= 15 is 0 Å². The quantitative estimate of drug-likeness (QED) is 0.649. The van der Waals surface area contributed by atoms with Gasteiger partial charge in [-0.2, -0.15) is 0 Å². The van der Waals surface area contributed by atoms with Crippen molar-refractivity contribution in [1.29, 1.82) is 0 Å². The molecular weight excluding hydrogens is 176 g/mol. The summed E-state index contributed by atoms with van der Waals surface area (Å²) in [5.74, 6) is 1.79. The van der Waals surface area contributed by atoms with Gasteiger partial charge in [0.2, 0.25) is 0 Å². The molecule has 0 amide bonds. The number of hydrogen-bond donors (Lipinski definition) is 0. The van der Waals surface area contributed by atoms with E-state index in [4.69, 9.17) is 0 Å². The van der Waals surface area contributed by atoms with E-state index in [0.717, 1.165) is 5.75 Å². The minimum atomic E-state index is 0.633. The minimum Gasteiger partial charge on any atom is -0.126 e. The highest BCUT2D eigenvalue weighted by molar-refractivity contribution is 7.99. The van der Waals surface area contributed by atoms with Crippen LogP contribution >= 0.6 is 11.8 Å². The number of benzene rings is 1. The maximum atomic E-state index is 2.26. The maximum absolute atomic E-state index is 2.26. The Morgan fingerprint density at radius 2 is 2.00 bits per heavy atom. The van der Waals surface area contributed by atoms with Gasteiger partial charge in [0.25, 0.3) is 0 Å². The molecule has 0 fully saturated rings. The van der Waals surface area contributed by atoms with Gasteiger partial charge < -0.3 is 0 Å². The molecule has 1 heteroatoms. The Bertz CT molecular complexity index is 276. The van der Waals surface area contributed by atoms with Crippen LogP contribution in [0.15, 0.2) is 23.1 Å². The Morgan fingerprint density at radius 1 is 1.31 bits per heavy atom. The average molecular weight is 194 g/mol. The molecular formula is C12H18S.